The van der Waals surface area contributed by atoms with Gasteiger partial charge in [-0.3, -0.25) is 4.79 Å². The molecule has 2 heterocycles. The van der Waals surface area contributed by atoms with Crippen LogP contribution in [-0.4, -0.2) is 33.6 Å². The topological polar surface area (TPSA) is 63.2 Å². The van der Waals surface area contributed by atoms with Crippen molar-refractivity contribution in [3.8, 4) is 23.0 Å². The number of methoxy groups -OCH3 is 2. The first-order valence-corrected chi connectivity index (χ1v) is 9.90. The summed E-state index contributed by atoms with van der Waals surface area (Å²) in [7, 11) is 3.23. The molecule has 0 spiro atoms. The fourth-order valence-corrected chi connectivity index (χ4v) is 4.49. The summed E-state index contributed by atoms with van der Waals surface area (Å²) in [5.41, 5.74) is 3.88. The zero-order valence-corrected chi connectivity index (χ0v) is 17.7. The lowest BCUT2D eigenvalue weighted by molar-refractivity contribution is -0.141. The molecule has 3 atom stereocenters. The summed E-state index contributed by atoms with van der Waals surface area (Å²) in [6.45, 7) is 8.44. The van der Waals surface area contributed by atoms with Crippen molar-refractivity contribution in [2.75, 3.05) is 27.6 Å². The van der Waals surface area contributed by atoms with E-state index in [0.717, 1.165) is 22.3 Å². The van der Waals surface area contributed by atoms with E-state index < -0.39 is 5.92 Å². The number of fused-ring (bicyclic) bond motifs is 1. The maximum Gasteiger partial charge on any atom is 0.310 e. The number of aryl methyl sites for hydroxylation is 2. The molecule has 2 aromatic rings. The van der Waals surface area contributed by atoms with Crippen molar-refractivity contribution in [1.82, 2.24) is 0 Å². The molecule has 158 valence electrons. The molecule has 0 saturated carbocycles. The Labute approximate surface area is 176 Å². The molecule has 0 amide bonds. The predicted octanol–water partition coefficient (Wildman–Crippen LogP) is 4.16. The van der Waals surface area contributed by atoms with Crippen LogP contribution in [0.25, 0.3) is 0 Å². The highest BCUT2D eigenvalue weighted by molar-refractivity contribution is 5.78. The SMILES string of the molecule is C=C[C@H]1COC(=O)C1[C@@H](c1cc(C)c(OC)c(OC)c1)c1cc2c(cc1C)OCO2. The average molecular weight is 410 g/mol. The first kappa shape index (κ1) is 20.1. The van der Waals surface area contributed by atoms with E-state index in [2.05, 4.69) is 6.58 Å². The van der Waals surface area contributed by atoms with Crippen molar-refractivity contribution < 1.29 is 28.5 Å². The monoisotopic (exact) mass is 410 g/mol. The minimum atomic E-state index is -0.404. The molecule has 4 rings (SSSR count). The normalized spacial score (nSPS) is 20.6. The third-order valence-electron chi connectivity index (χ3n) is 5.96. The van der Waals surface area contributed by atoms with Gasteiger partial charge < -0.3 is 23.7 Å². The highest BCUT2D eigenvalue weighted by Gasteiger charge is 2.43. The van der Waals surface area contributed by atoms with Crippen molar-refractivity contribution in [1.29, 1.82) is 0 Å². The van der Waals surface area contributed by atoms with Crippen LogP contribution in [0.15, 0.2) is 36.9 Å². The van der Waals surface area contributed by atoms with Gasteiger partial charge in [-0.15, -0.1) is 6.58 Å². The van der Waals surface area contributed by atoms with Gasteiger partial charge in [-0.05, 0) is 54.3 Å². The number of carbonyl (C=O) groups is 1. The maximum absolute atomic E-state index is 12.9. The van der Waals surface area contributed by atoms with Crippen LogP contribution in [0.5, 0.6) is 23.0 Å². The van der Waals surface area contributed by atoms with Gasteiger partial charge in [0.25, 0.3) is 0 Å². The number of benzene rings is 2. The molecule has 0 N–H and O–H groups in total. The van der Waals surface area contributed by atoms with Gasteiger partial charge >= 0.3 is 5.97 Å². The van der Waals surface area contributed by atoms with E-state index in [1.165, 1.54) is 0 Å². The number of rotatable bonds is 6. The Hall–Kier alpha value is -3.15. The predicted molar refractivity (Wildman–Crippen MR) is 112 cm³/mol. The number of ether oxygens (including phenoxy) is 5. The Morgan fingerprint density at radius 1 is 1.03 bits per heavy atom. The first-order chi connectivity index (χ1) is 14.5. The molecular weight excluding hydrogens is 384 g/mol. The summed E-state index contributed by atoms with van der Waals surface area (Å²) in [6, 6.07) is 7.91. The first-order valence-electron chi connectivity index (χ1n) is 9.90. The van der Waals surface area contributed by atoms with Gasteiger partial charge in [0, 0.05) is 11.8 Å². The van der Waals surface area contributed by atoms with Crippen LogP contribution >= 0.6 is 0 Å². The standard InChI is InChI=1S/C24H26O6/c1-6-15-11-28-24(25)22(15)21(16-7-14(3)23(27-5)20(9-16)26-4)17-10-19-18(8-13(17)2)29-12-30-19/h6-10,15,21-22H,1,11-12H2,2-5H3/t15-,21-,22?/m0/s1. The van der Waals surface area contributed by atoms with Gasteiger partial charge in [0.05, 0.1) is 26.7 Å². The van der Waals surface area contributed by atoms with Crippen LogP contribution in [-0.2, 0) is 9.53 Å². The number of cyclic esters (lactones) is 1. The largest absolute Gasteiger partial charge is 0.493 e. The van der Waals surface area contributed by atoms with Crippen LogP contribution in [0.3, 0.4) is 0 Å². The van der Waals surface area contributed by atoms with Crippen molar-refractivity contribution in [2.24, 2.45) is 11.8 Å². The number of hydrogen-bond donors (Lipinski definition) is 0. The van der Waals surface area contributed by atoms with Crippen molar-refractivity contribution in [2.45, 2.75) is 19.8 Å². The molecule has 2 aliphatic rings. The summed E-state index contributed by atoms with van der Waals surface area (Å²) in [5, 5.41) is 0. The van der Waals surface area contributed by atoms with E-state index in [9.17, 15) is 4.79 Å². The van der Waals surface area contributed by atoms with Crippen LogP contribution in [0, 0.1) is 25.7 Å². The fraction of sp³-hybridized carbons (Fsp3) is 0.375. The van der Waals surface area contributed by atoms with Crippen LogP contribution in [0.4, 0.5) is 0 Å². The molecule has 0 radical (unpaired) electrons. The van der Waals surface area contributed by atoms with Crippen LogP contribution in [0.2, 0.25) is 0 Å². The smallest absolute Gasteiger partial charge is 0.310 e. The van der Waals surface area contributed by atoms with Crippen molar-refractivity contribution in [3.63, 3.8) is 0 Å². The lowest BCUT2D eigenvalue weighted by Gasteiger charge is -2.28. The molecule has 1 unspecified atom stereocenters. The highest BCUT2D eigenvalue weighted by Crippen LogP contribution is 2.47. The zero-order valence-electron chi connectivity index (χ0n) is 17.7. The molecule has 1 saturated heterocycles. The third kappa shape index (κ3) is 3.26. The summed E-state index contributed by atoms with van der Waals surface area (Å²) in [6.07, 6.45) is 1.80. The van der Waals surface area contributed by atoms with E-state index in [4.69, 9.17) is 23.7 Å². The number of hydrogen-bond acceptors (Lipinski definition) is 6. The summed E-state index contributed by atoms with van der Waals surface area (Å²) in [4.78, 5) is 12.9. The maximum atomic E-state index is 12.9. The van der Waals surface area contributed by atoms with Gasteiger partial charge in [-0.25, -0.2) is 0 Å². The van der Waals surface area contributed by atoms with E-state index in [0.29, 0.717) is 29.6 Å². The lowest BCUT2D eigenvalue weighted by atomic mass is 9.74. The molecule has 6 nitrogen and oxygen atoms in total. The molecule has 0 aromatic heterocycles. The Bertz CT molecular complexity index is 996. The Morgan fingerprint density at radius 2 is 1.77 bits per heavy atom. The third-order valence-corrected chi connectivity index (χ3v) is 5.96. The molecule has 2 aromatic carbocycles. The minimum Gasteiger partial charge on any atom is -0.493 e. The summed E-state index contributed by atoms with van der Waals surface area (Å²) in [5.74, 6) is 1.70. The van der Waals surface area contributed by atoms with Crippen LogP contribution < -0.4 is 18.9 Å². The number of esters is 1. The second-order valence-corrected chi connectivity index (χ2v) is 7.67. The van der Waals surface area contributed by atoms with E-state index in [1.807, 2.05) is 38.1 Å². The van der Waals surface area contributed by atoms with Gasteiger partial charge in [-0.1, -0.05) is 12.1 Å². The summed E-state index contributed by atoms with van der Waals surface area (Å²) < 4.78 is 27.7. The quantitative estimate of drug-likeness (QED) is 0.526. The van der Waals surface area contributed by atoms with Crippen molar-refractivity contribution >= 4 is 5.97 Å². The second kappa shape index (κ2) is 7.94. The molecular formula is C24H26O6. The Morgan fingerprint density at radius 3 is 2.43 bits per heavy atom. The molecule has 1 fully saturated rings. The second-order valence-electron chi connectivity index (χ2n) is 7.67. The molecule has 0 aliphatic carbocycles. The lowest BCUT2D eigenvalue weighted by Crippen LogP contribution is -2.25. The Balaban J connectivity index is 1.93. The van der Waals surface area contributed by atoms with Gasteiger partial charge in [0.1, 0.15) is 0 Å². The van der Waals surface area contributed by atoms with E-state index >= 15 is 0 Å². The minimum absolute atomic E-state index is 0.0966. The van der Waals surface area contributed by atoms with E-state index in [-0.39, 0.29) is 24.6 Å². The fourth-order valence-electron chi connectivity index (χ4n) is 4.49. The van der Waals surface area contributed by atoms with Crippen molar-refractivity contribution in [3.05, 3.63) is 59.2 Å². The molecule has 6 heteroatoms. The molecule has 2 aliphatic heterocycles. The molecule has 0 bridgehead atoms. The zero-order chi connectivity index (χ0) is 21.4. The van der Waals surface area contributed by atoms with Gasteiger partial charge in [-0.2, -0.15) is 0 Å². The average Bonchev–Trinajstić information content (AvgIpc) is 3.34. The summed E-state index contributed by atoms with van der Waals surface area (Å²) >= 11 is 0. The highest BCUT2D eigenvalue weighted by atomic mass is 16.7. The van der Waals surface area contributed by atoms with Gasteiger partial charge in [0.2, 0.25) is 6.79 Å². The van der Waals surface area contributed by atoms with Crippen LogP contribution in [0.1, 0.15) is 28.2 Å². The van der Waals surface area contributed by atoms with E-state index in [1.54, 1.807) is 20.3 Å². The number of carbonyl (C=O) groups excluding carboxylic acids is 1. The molecule has 30 heavy (non-hydrogen) atoms. The Kier molecular flexibility index (Phi) is 5.33. The van der Waals surface area contributed by atoms with Gasteiger partial charge in [0.15, 0.2) is 23.0 Å².